The van der Waals surface area contributed by atoms with Crippen LogP contribution >= 0.6 is 0 Å². The Bertz CT molecular complexity index is 324. The summed E-state index contributed by atoms with van der Waals surface area (Å²) in [5.41, 5.74) is 0. The summed E-state index contributed by atoms with van der Waals surface area (Å²) in [6, 6.07) is -0.313. The molecule has 0 heterocycles. The lowest BCUT2D eigenvalue weighted by molar-refractivity contribution is -0.139. The number of amides is 1. The molecule has 0 bridgehead atoms. The van der Waals surface area contributed by atoms with E-state index in [4.69, 9.17) is 4.74 Å². The predicted molar refractivity (Wildman–Crippen MR) is 76.6 cm³/mol. The van der Waals surface area contributed by atoms with Crippen LogP contribution < -0.4 is 0 Å². The van der Waals surface area contributed by atoms with E-state index >= 15 is 0 Å². The third kappa shape index (κ3) is 4.69. The van der Waals surface area contributed by atoms with Crippen LogP contribution in [-0.2, 0) is 9.53 Å². The number of nitrogens with zero attached hydrogens (tertiary/aromatic N) is 1. The van der Waals surface area contributed by atoms with Crippen LogP contribution in [0.15, 0.2) is 0 Å². The first-order valence-corrected chi connectivity index (χ1v) is 7.64. The summed E-state index contributed by atoms with van der Waals surface area (Å²) >= 11 is 0. The number of carboxylic acid groups (broad SMARTS) is 1. The largest absolute Gasteiger partial charge is 0.481 e. The van der Waals surface area contributed by atoms with E-state index in [-0.39, 0.29) is 30.5 Å². The molecular weight excluding hydrogens is 258 g/mol. The van der Waals surface area contributed by atoms with Crippen LogP contribution in [0.1, 0.15) is 59.3 Å². The molecule has 0 radical (unpaired) electrons. The fraction of sp³-hybridized carbons (Fsp3) is 0.867. The van der Waals surface area contributed by atoms with Crippen molar-refractivity contribution in [1.29, 1.82) is 0 Å². The highest BCUT2D eigenvalue weighted by Gasteiger charge is 2.35. The Hall–Kier alpha value is -1.26. The Morgan fingerprint density at radius 3 is 2.30 bits per heavy atom. The Morgan fingerprint density at radius 1 is 1.25 bits per heavy atom. The van der Waals surface area contributed by atoms with Gasteiger partial charge in [0.15, 0.2) is 0 Å². The van der Waals surface area contributed by atoms with Gasteiger partial charge in [-0.3, -0.25) is 4.79 Å². The summed E-state index contributed by atoms with van der Waals surface area (Å²) in [4.78, 5) is 25.0. The Morgan fingerprint density at radius 2 is 1.85 bits per heavy atom. The van der Waals surface area contributed by atoms with E-state index in [1.807, 2.05) is 13.8 Å². The average molecular weight is 285 g/mol. The van der Waals surface area contributed by atoms with Crippen LogP contribution in [0.25, 0.3) is 0 Å². The molecule has 5 heteroatoms. The van der Waals surface area contributed by atoms with Gasteiger partial charge in [0, 0.05) is 12.1 Å². The van der Waals surface area contributed by atoms with Crippen molar-refractivity contribution >= 4 is 12.1 Å². The van der Waals surface area contributed by atoms with E-state index in [1.54, 1.807) is 11.8 Å². The van der Waals surface area contributed by atoms with E-state index in [0.29, 0.717) is 6.61 Å². The third-order valence-corrected chi connectivity index (χ3v) is 3.97. The van der Waals surface area contributed by atoms with Gasteiger partial charge in [-0.1, -0.05) is 19.3 Å². The van der Waals surface area contributed by atoms with Crippen LogP contribution in [0, 0.1) is 5.92 Å². The predicted octanol–water partition coefficient (Wildman–Crippen LogP) is 3.28. The van der Waals surface area contributed by atoms with Gasteiger partial charge in [-0.2, -0.15) is 0 Å². The Kier molecular flexibility index (Phi) is 6.82. The van der Waals surface area contributed by atoms with Crippen molar-refractivity contribution < 1.29 is 19.4 Å². The molecule has 1 amide bonds. The maximum Gasteiger partial charge on any atom is 0.410 e. The minimum atomic E-state index is -0.851. The molecule has 1 saturated carbocycles. The third-order valence-electron chi connectivity index (χ3n) is 3.97. The molecule has 0 saturated heterocycles. The Balaban J connectivity index is 2.90. The number of ether oxygens (including phenoxy) is 1. The van der Waals surface area contributed by atoms with E-state index < -0.39 is 5.97 Å². The second-order valence-corrected chi connectivity index (χ2v) is 5.76. The molecule has 0 aliphatic heterocycles. The van der Waals surface area contributed by atoms with E-state index in [9.17, 15) is 14.7 Å². The first-order chi connectivity index (χ1) is 9.47. The lowest BCUT2D eigenvalue weighted by Crippen LogP contribution is -2.50. The second-order valence-electron chi connectivity index (χ2n) is 5.76. The number of carboxylic acids is 1. The van der Waals surface area contributed by atoms with Crippen molar-refractivity contribution in [2.75, 3.05) is 6.61 Å². The summed E-state index contributed by atoms with van der Waals surface area (Å²) in [5, 5.41) is 9.18. The van der Waals surface area contributed by atoms with Crippen LogP contribution in [0.4, 0.5) is 4.79 Å². The molecule has 1 fully saturated rings. The van der Waals surface area contributed by atoms with Gasteiger partial charge in [0.25, 0.3) is 0 Å². The molecule has 1 unspecified atom stereocenters. The molecule has 0 aromatic rings. The zero-order chi connectivity index (χ0) is 15.1. The van der Waals surface area contributed by atoms with Gasteiger partial charge < -0.3 is 14.7 Å². The maximum atomic E-state index is 12.2. The smallest absolute Gasteiger partial charge is 0.410 e. The number of carbonyl (C=O) groups excluding carboxylic acids is 1. The first kappa shape index (κ1) is 16.8. The van der Waals surface area contributed by atoms with E-state index in [2.05, 4.69) is 0 Å². The van der Waals surface area contributed by atoms with Crippen molar-refractivity contribution in [3.05, 3.63) is 0 Å². The quantitative estimate of drug-likeness (QED) is 0.813. The zero-order valence-electron chi connectivity index (χ0n) is 12.8. The normalized spacial score (nSPS) is 17.8. The van der Waals surface area contributed by atoms with Gasteiger partial charge in [0.2, 0.25) is 0 Å². The number of rotatable bonds is 6. The first-order valence-electron chi connectivity index (χ1n) is 7.64. The molecule has 1 atom stereocenters. The highest BCUT2D eigenvalue weighted by Crippen LogP contribution is 2.32. The van der Waals surface area contributed by atoms with Crippen molar-refractivity contribution in [2.45, 2.75) is 71.4 Å². The number of hydrogen-bond acceptors (Lipinski definition) is 3. The zero-order valence-corrected chi connectivity index (χ0v) is 12.8. The molecule has 1 aliphatic carbocycles. The summed E-state index contributed by atoms with van der Waals surface area (Å²) in [6.45, 7) is 5.90. The fourth-order valence-electron chi connectivity index (χ4n) is 3.12. The lowest BCUT2D eigenvalue weighted by atomic mass is 9.81. The van der Waals surface area contributed by atoms with E-state index in [1.165, 1.54) is 6.42 Å². The number of hydrogen-bond donors (Lipinski definition) is 1. The van der Waals surface area contributed by atoms with Crippen LogP contribution in [0.5, 0.6) is 0 Å². The highest BCUT2D eigenvalue weighted by atomic mass is 16.6. The molecule has 0 aromatic heterocycles. The molecule has 20 heavy (non-hydrogen) atoms. The Labute approximate surface area is 121 Å². The minimum absolute atomic E-state index is 0.00165. The monoisotopic (exact) mass is 285 g/mol. The van der Waals surface area contributed by atoms with Gasteiger partial charge >= 0.3 is 12.1 Å². The van der Waals surface area contributed by atoms with Crippen molar-refractivity contribution in [3.8, 4) is 0 Å². The van der Waals surface area contributed by atoms with Crippen LogP contribution in [-0.4, -0.2) is 40.8 Å². The number of aliphatic carboxylic acids is 1. The minimum Gasteiger partial charge on any atom is -0.481 e. The highest BCUT2D eigenvalue weighted by molar-refractivity contribution is 5.72. The summed E-state index contributed by atoms with van der Waals surface area (Å²) < 4.78 is 5.11. The molecule has 1 aliphatic rings. The molecule has 1 rings (SSSR count). The maximum absolute atomic E-state index is 12.2. The van der Waals surface area contributed by atoms with Crippen LogP contribution in [0.3, 0.4) is 0 Å². The number of carbonyl (C=O) groups is 2. The van der Waals surface area contributed by atoms with Gasteiger partial charge in [0.1, 0.15) is 0 Å². The van der Waals surface area contributed by atoms with Gasteiger partial charge in [-0.15, -0.1) is 0 Å². The van der Waals surface area contributed by atoms with E-state index in [0.717, 1.165) is 25.7 Å². The molecule has 0 aromatic carbocycles. The van der Waals surface area contributed by atoms with Gasteiger partial charge in [-0.25, -0.2) is 4.79 Å². The van der Waals surface area contributed by atoms with Gasteiger partial charge in [0.05, 0.1) is 13.0 Å². The van der Waals surface area contributed by atoms with Crippen molar-refractivity contribution in [3.63, 3.8) is 0 Å². The SMILES string of the molecule is CCOC(=O)N(C(C)C)C(CC(=O)O)C1CCCCC1. The summed E-state index contributed by atoms with van der Waals surface area (Å²) in [7, 11) is 0. The molecule has 0 spiro atoms. The molecule has 116 valence electrons. The molecule has 1 N–H and O–H groups in total. The topological polar surface area (TPSA) is 66.8 Å². The molecule has 5 nitrogen and oxygen atoms in total. The van der Waals surface area contributed by atoms with Crippen molar-refractivity contribution in [2.24, 2.45) is 5.92 Å². The summed E-state index contributed by atoms with van der Waals surface area (Å²) in [6.07, 6.45) is 5.06. The van der Waals surface area contributed by atoms with Crippen molar-refractivity contribution in [1.82, 2.24) is 4.90 Å². The molecular formula is C15H27NO4. The average Bonchev–Trinajstić information content (AvgIpc) is 2.38. The van der Waals surface area contributed by atoms with Crippen LogP contribution in [0.2, 0.25) is 0 Å². The lowest BCUT2D eigenvalue weighted by Gasteiger charge is -2.39. The van der Waals surface area contributed by atoms with Gasteiger partial charge in [-0.05, 0) is 39.5 Å². The second kappa shape index (κ2) is 8.12. The fourth-order valence-corrected chi connectivity index (χ4v) is 3.12. The summed E-state index contributed by atoms with van der Waals surface area (Å²) in [5.74, 6) is -0.581. The standard InChI is InChI=1S/C15H27NO4/c1-4-20-15(19)16(11(2)3)13(10-14(17)18)12-8-6-5-7-9-12/h11-13H,4-10H2,1-3H3,(H,17,18).